The average Bonchev–Trinajstić information content (AvgIpc) is 3.20. The van der Waals surface area contributed by atoms with Crippen LogP contribution in [0.4, 0.5) is 4.79 Å². The van der Waals surface area contributed by atoms with E-state index in [0.717, 1.165) is 37.8 Å². The molecule has 4 rings (SSSR count). The lowest BCUT2D eigenvalue weighted by Crippen LogP contribution is -2.55. The van der Waals surface area contributed by atoms with Gasteiger partial charge in [0.05, 0.1) is 11.8 Å². The number of benzene rings is 1. The molecule has 29 heavy (non-hydrogen) atoms. The zero-order valence-electron chi connectivity index (χ0n) is 17.0. The number of hydrogen-bond acceptors (Lipinski definition) is 4. The summed E-state index contributed by atoms with van der Waals surface area (Å²) in [6.45, 7) is 3.20. The van der Waals surface area contributed by atoms with E-state index in [2.05, 4.69) is 12.0 Å². The van der Waals surface area contributed by atoms with E-state index in [1.165, 1.54) is 0 Å². The van der Waals surface area contributed by atoms with Gasteiger partial charge < -0.3 is 9.64 Å². The summed E-state index contributed by atoms with van der Waals surface area (Å²) in [6.07, 6.45) is 8.71. The molecule has 6 nitrogen and oxygen atoms in total. The lowest BCUT2D eigenvalue weighted by Gasteiger charge is -2.47. The monoisotopic (exact) mass is 395 g/mol. The maximum absolute atomic E-state index is 13.0. The van der Waals surface area contributed by atoms with Gasteiger partial charge in [-0.3, -0.25) is 9.48 Å². The minimum atomic E-state index is -0.245. The predicted molar refractivity (Wildman–Crippen MR) is 109 cm³/mol. The summed E-state index contributed by atoms with van der Waals surface area (Å²) < 4.78 is 7.44. The Kier molecular flexibility index (Phi) is 5.97. The van der Waals surface area contributed by atoms with E-state index in [9.17, 15) is 9.59 Å². The van der Waals surface area contributed by atoms with Crippen molar-refractivity contribution in [2.24, 2.45) is 5.92 Å². The summed E-state index contributed by atoms with van der Waals surface area (Å²) in [6, 6.07) is 9.92. The van der Waals surface area contributed by atoms with Crippen LogP contribution in [0.1, 0.15) is 61.4 Å². The van der Waals surface area contributed by atoms with Crippen LogP contribution in [-0.2, 0) is 17.9 Å². The van der Waals surface area contributed by atoms with Crippen molar-refractivity contribution in [3.05, 3.63) is 53.9 Å². The zero-order chi connectivity index (χ0) is 20.2. The summed E-state index contributed by atoms with van der Waals surface area (Å²) in [5.74, 6) is 0.129. The van der Waals surface area contributed by atoms with Gasteiger partial charge >= 0.3 is 6.09 Å². The Morgan fingerprint density at radius 3 is 2.55 bits per heavy atom. The molecule has 0 radical (unpaired) electrons. The summed E-state index contributed by atoms with van der Waals surface area (Å²) in [7, 11) is 0. The van der Waals surface area contributed by atoms with Crippen molar-refractivity contribution in [3.63, 3.8) is 0 Å². The molecule has 2 bridgehead atoms. The highest BCUT2D eigenvalue weighted by atomic mass is 16.6. The zero-order valence-corrected chi connectivity index (χ0v) is 17.0. The van der Waals surface area contributed by atoms with Crippen LogP contribution in [0.15, 0.2) is 42.7 Å². The van der Waals surface area contributed by atoms with Gasteiger partial charge in [-0.05, 0) is 44.1 Å². The molecule has 1 aromatic carbocycles. The topological polar surface area (TPSA) is 64.4 Å². The highest BCUT2D eigenvalue weighted by Crippen LogP contribution is 2.38. The molecule has 6 heteroatoms. The second kappa shape index (κ2) is 8.80. The number of aryl methyl sites for hydroxylation is 1. The van der Waals surface area contributed by atoms with E-state index in [0.29, 0.717) is 18.4 Å². The van der Waals surface area contributed by atoms with E-state index in [-0.39, 0.29) is 36.5 Å². The van der Waals surface area contributed by atoms with Crippen molar-refractivity contribution in [1.29, 1.82) is 0 Å². The van der Waals surface area contributed by atoms with Gasteiger partial charge in [0.1, 0.15) is 6.61 Å². The second-order valence-corrected chi connectivity index (χ2v) is 8.21. The molecule has 2 atom stereocenters. The molecule has 2 aliphatic rings. The number of piperidine rings is 2. The molecular weight excluding hydrogens is 366 g/mol. The van der Waals surface area contributed by atoms with Crippen LogP contribution in [-0.4, -0.2) is 38.6 Å². The molecule has 2 aromatic rings. The number of aromatic nitrogens is 2. The molecule has 2 aliphatic heterocycles. The Hall–Kier alpha value is -2.63. The van der Waals surface area contributed by atoms with E-state index in [1.54, 1.807) is 6.20 Å². The third-order valence-corrected chi connectivity index (χ3v) is 6.13. The van der Waals surface area contributed by atoms with Gasteiger partial charge in [-0.1, -0.05) is 37.3 Å². The van der Waals surface area contributed by atoms with Crippen LogP contribution in [0.5, 0.6) is 0 Å². The van der Waals surface area contributed by atoms with Crippen LogP contribution in [0.25, 0.3) is 0 Å². The Morgan fingerprint density at radius 1 is 1.14 bits per heavy atom. The first-order chi connectivity index (χ1) is 14.2. The molecule has 1 aromatic heterocycles. The Bertz CT molecular complexity index is 834. The highest BCUT2D eigenvalue weighted by Gasteiger charge is 2.43. The molecule has 2 saturated heterocycles. The Morgan fingerprint density at radius 2 is 1.86 bits per heavy atom. The van der Waals surface area contributed by atoms with Gasteiger partial charge in [0.25, 0.3) is 0 Å². The van der Waals surface area contributed by atoms with Gasteiger partial charge in [-0.2, -0.15) is 5.10 Å². The van der Waals surface area contributed by atoms with E-state index >= 15 is 0 Å². The van der Waals surface area contributed by atoms with Crippen LogP contribution in [0.2, 0.25) is 0 Å². The Labute approximate surface area is 171 Å². The molecule has 154 valence electrons. The van der Waals surface area contributed by atoms with Crippen LogP contribution < -0.4 is 0 Å². The number of rotatable bonds is 6. The van der Waals surface area contributed by atoms with Crippen molar-refractivity contribution in [2.45, 2.75) is 70.7 Å². The molecular formula is C23H29N3O3. The summed E-state index contributed by atoms with van der Waals surface area (Å²) in [5.41, 5.74) is 1.68. The van der Waals surface area contributed by atoms with Crippen LogP contribution >= 0.6 is 0 Å². The molecule has 0 saturated carbocycles. The number of Topliss-reactive ketones (excluding diaryl/α,β-unsaturated/α-hetero) is 1. The van der Waals surface area contributed by atoms with Crippen molar-refractivity contribution in [2.75, 3.05) is 0 Å². The van der Waals surface area contributed by atoms with Gasteiger partial charge in [0.15, 0.2) is 5.78 Å². The normalized spacial score (nSPS) is 23.6. The van der Waals surface area contributed by atoms with E-state index in [1.807, 2.05) is 46.1 Å². The summed E-state index contributed by atoms with van der Waals surface area (Å²) in [5, 5.41) is 4.30. The molecule has 0 aliphatic carbocycles. The molecule has 0 N–H and O–H groups in total. The maximum Gasteiger partial charge on any atom is 0.410 e. The summed E-state index contributed by atoms with van der Waals surface area (Å²) >= 11 is 0. The molecule has 1 amide bonds. The molecule has 2 fully saturated rings. The van der Waals surface area contributed by atoms with E-state index in [4.69, 9.17) is 4.74 Å². The fourth-order valence-electron chi connectivity index (χ4n) is 4.77. The SMILES string of the molecule is CCCn1cc(C(=O)C2CC3CCCC(C2)N3C(=O)OCc2ccccc2)cn1. The lowest BCUT2D eigenvalue weighted by molar-refractivity contribution is 0.00472. The van der Waals surface area contributed by atoms with Crippen molar-refractivity contribution >= 4 is 11.9 Å². The first-order valence-corrected chi connectivity index (χ1v) is 10.7. The number of ketones is 1. The molecule has 3 heterocycles. The van der Waals surface area contributed by atoms with Gasteiger partial charge in [-0.15, -0.1) is 0 Å². The first-order valence-electron chi connectivity index (χ1n) is 10.7. The second-order valence-electron chi connectivity index (χ2n) is 8.21. The number of carbonyl (C=O) groups excluding carboxylic acids is 2. The van der Waals surface area contributed by atoms with E-state index < -0.39 is 0 Å². The third kappa shape index (κ3) is 4.36. The maximum atomic E-state index is 13.0. The number of carbonyl (C=O) groups is 2. The molecule has 0 spiro atoms. The minimum Gasteiger partial charge on any atom is -0.445 e. The number of nitrogens with zero attached hydrogens (tertiary/aromatic N) is 3. The van der Waals surface area contributed by atoms with Crippen LogP contribution in [0, 0.1) is 5.92 Å². The lowest BCUT2D eigenvalue weighted by atomic mass is 9.76. The van der Waals surface area contributed by atoms with Gasteiger partial charge in [0.2, 0.25) is 0 Å². The van der Waals surface area contributed by atoms with Crippen molar-refractivity contribution < 1.29 is 14.3 Å². The van der Waals surface area contributed by atoms with Gasteiger partial charge in [-0.25, -0.2) is 4.79 Å². The highest BCUT2D eigenvalue weighted by molar-refractivity contribution is 5.97. The number of ether oxygens (including phenoxy) is 1. The largest absolute Gasteiger partial charge is 0.445 e. The number of amides is 1. The molecule has 2 unspecified atom stereocenters. The van der Waals surface area contributed by atoms with Gasteiger partial charge in [0, 0.05) is 30.7 Å². The van der Waals surface area contributed by atoms with Crippen molar-refractivity contribution in [3.8, 4) is 0 Å². The minimum absolute atomic E-state index is 0.0391. The first kappa shape index (κ1) is 19.7. The number of hydrogen-bond donors (Lipinski definition) is 0. The fraction of sp³-hybridized carbons (Fsp3) is 0.522. The van der Waals surface area contributed by atoms with Crippen LogP contribution in [0.3, 0.4) is 0 Å². The quantitative estimate of drug-likeness (QED) is 0.678. The number of fused-ring (bicyclic) bond motifs is 2. The smallest absolute Gasteiger partial charge is 0.410 e. The van der Waals surface area contributed by atoms with Crippen molar-refractivity contribution in [1.82, 2.24) is 14.7 Å². The fourth-order valence-corrected chi connectivity index (χ4v) is 4.77. The standard InChI is InChI=1S/C23H29N3O3/c1-2-11-25-15-19(14-24-25)22(27)18-12-20-9-6-10-21(13-18)26(20)23(28)29-16-17-7-4-3-5-8-17/h3-5,7-8,14-15,18,20-21H,2,6,9-13,16H2,1H3. The average molecular weight is 396 g/mol. The predicted octanol–water partition coefficient (Wildman–Crippen LogP) is 4.45. The summed E-state index contributed by atoms with van der Waals surface area (Å²) in [4.78, 5) is 27.8. The Balaban J connectivity index is 1.40. The third-order valence-electron chi connectivity index (χ3n) is 6.13.